The van der Waals surface area contributed by atoms with Gasteiger partial charge in [-0.25, -0.2) is 0 Å². The van der Waals surface area contributed by atoms with E-state index in [9.17, 15) is 4.79 Å². The number of carbonyl (C=O) groups is 1. The van der Waals surface area contributed by atoms with Gasteiger partial charge in [-0.2, -0.15) is 0 Å². The normalized spacial score (nSPS) is 31.6. The van der Waals surface area contributed by atoms with Crippen LogP contribution >= 0.6 is 0 Å². The Kier molecular flexibility index (Phi) is 5.01. The highest BCUT2D eigenvalue weighted by Gasteiger charge is 2.41. The minimum atomic E-state index is 0.187. The van der Waals surface area contributed by atoms with Crippen LogP contribution < -0.4 is 11.1 Å². The highest BCUT2D eigenvalue weighted by molar-refractivity contribution is 5.76. The number of hydrogen-bond acceptors (Lipinski definition) is 3. The van der Waals surface area contributed by atoms with Gasteiger partial charge in [0.2, 0.25) is 5.91 Å². The summed E-state index contributed by atoms with van der Waals surface area (Å²) in [5, 5.41) is 3.14. The topological polar surface area (TPSA) is 64.4 Å². The van der Waals surface area contributed by atoms with Gasteiger partial charge in [-0.15, -0.1) is 0 Å². The van der Waals surface area contributed by atoms with Crippen molar-refractivity contribution in [3.05, 3.63) is 0 Å². The molecule has 4 nitrogen and oxygen atoms in total. The SMILES string of the molecule is CCC(CCN)CCC(=O)NC1CC2CCC1O2. The van der Waals surface area contributed by atoms with E-state index in [0.717, 1.165) is 38.6 Å². The third-order valence-corrected chi connectivity index (χ3v) is 4.38. The molecule has 2 rings (SSSR count). The van der Waals surface area contributed by atoms with Gasteiger partial charge in [0.05, 0.1) is 18.2 Å². The molecule has 2 aliphatic rings. The molecule has 3 N–H and O–H groups in total. The molecular formula is C14H26N2O2. The van der Waals surface area contributed by atoms with Crippen LogP contribution in [0.3, 0.4) is 0 Å². The third kappa shape index (κ3) is 3.45. The maximum absolute atomic E-state index is 11.9. The lowest BCUT2D eigenvalue weighted by atomic mass is 9.94. The van der Waals surface area contributed by atoms with Gasteiger partial charge in [0, 0.05) is 6.42 Å². The van der Waals surface area contributed by atoms with Crippen LogP contribution in [0.25, 0.3) is 0 Å². The van der Waals surface area contributed by atoms with Crippen molar-refractivity contribution in [2.75, 3.05) is 6.54 Å². The van der Waals surface area contributed by atoms with Crippen molar-refractivity contribution in [2.24, 2.45) is 11.7 Å². The zero-order chi connectivity index (χ0) is 13.0. The van der Waals surface area contributed by atoms with Crippen LogP contribution in [0.15, 0.2) is 0 Å². The summed E-state index contributed by atoms with van der Waals surface area (Å²) in [6.45, 7) is 2.89. The van der Waals surface area contributed by atoms with Crippen molar-refractivity contribution in [1.29, 1.82) is 0 Å². The second-order valence-corrected chi connectivity index (χ2v) is 5.67. The van der Waals surface area contributed by atoms with Crippen LogP contribution in [0.2, 0.25) is 0 Å². The van der Waals surface area contributed by atoms with E-state index in [1.807, 2.05) is 0 Å². The monoisotopic (exact) mass is 254 g/mol. The second kappa shape index (κ2) is 6.53. The fourth-order valence-electron chi connectivity index (χ4n) is 3.19. The number of nitrogens with one attached hydrogen (secondary N) is 1. The zero-order valence-corrected chi connectivity index (χ0v) is 11.4. The summed E-state index contributed by atoms with van der Waals surface area (Å²) in [6, 6.07) is 0.269. The first-order chi connectivity index (χ1) is 8.72. The van der Waals surface area contributed by atoms with E-state index in [1.165, 1.54) is 6.42 Å². The van der Waals surface area contributed by atoms with Gasteiger partial charge in [-0.3, -0.25) is 4.79 Å². The molecule has 0 aliphatic carbocycles. The third-order valence-electron chi connectivity index (χ3n) is 4.38. The summed E-state index contributed by atoms with van der Waals surface area (Å²) in [6.07, 6.45) is 7.71. The lowest BCUT2D eigenvalue weighted by Crippen LogP contribution is -2.41. The van der Waals surface area contributed by atoms with Crippen molar-refractivity contribution in [2.45, 2.75) is 70.1 Å². The molecule has 4 heteroatoms. The number of hydrogen-bond donors (Lipinski definition) is 2. The van der Waals surface area contributed by atoms with Crippen LogP contribution in [-0.2, 0) is 9.53 Å². The summed E-state index contributed by atoms with van der Waals surface area (Å²) in [4.78, 5) is 11.9. The Morgan fingerprint density at radius 3 is 2.83 bits per heavy atom. The molecule has 4 unspecified atom stereocenters. The molecule has 4 atom stereocenters. The molecule has 2 heterocycles. The van der Waals surface area contributed by atoms with Crippen LogP contribution in [0.4, 0.5) is 0 Å². The lowest BCUT2D eigenvalue weighted by Gasteiger charge is -2.20. The second-order valence-electron chi connectivity index (χ2n) is 5.67. The van der Waals surface area contributed by atoms with Gasteiger partial charge in [-0.1, -0.05) is 13.3 Å². The number of amides is 1. The molecule has 2 aliphatic heterocycles. The molecule has 0 spiro atoms. The highest BCUT2D eigenvalue weighted by atomic mass is 16.5. The summed E-state index contributed by atoms with van der Waals surface area (Å²) < 4.78 is 5.74. The summed E-state index contributed by atoms with van der Waals surface area (Å²) in [7, 11) is 0. The van der Waals surface area contributed by atoms with E-state index in [0.29, 0.717) is 18.4 Å². The van der Waals surface area contributed by atoms with Gasteiger partial charge in [0.25, 0.3) is 0 Å². The Bertz CT molecular complexity index is 283. The van der Waals surface area contributed by atoms with Gasteiger partial charge >= 0.3 is 0 Å². The summed E-state index contributed by atoms with van der Waals surface area (Å²) in [5.74, 6) is 0.781. The van der Waals surface area contributed by atoms with Crippen molar-refractivity contribution >= 4 is 5.91 Å². The molecule has 0 aromatic heterocycles. The van der Waals surface area contributed by atoms with E-state index >= 15 is 0 Å². The van der Waals surface area contributed by atoms with Crippen molar-refractivity contribution in [1.82, 2.24) is 5.32 Å². The van der Waals surface area contributed by atoms with Crippen molar-refractivity contribution in [3.63, 3.8) is 0 Å². The first-order valence-corrected chi connectivity index (χ1v) is 7.37. The molecular weight excluding hydrogens is 228 g/mol. The fraction of sp³-hybridized carbons (Fsp3) is 0.929. The Hall–Kier alpha value is -0.610. The Labute approximate surface area is 110 Å². The van der Waals surface area contributed by atoms with Crippen LogP contribution in [0.5, 0.6) is 0 Å². The smallest absolute Gasteiger partial charge is 0.220 e. The Balaban J connectivity index is 1.66. The van der Waals surface area contributed by atoms with E-state index < -0.39 is 0 Å². The Morgan fingerprint density at radius 2 is 2.28 bits per heavy atom. The average molecular weight is 254 g/mol. The predicted octanol–water partition coefficient (Wildman–Crippen LogP) is 1.58. The average Bonchev–Trinajstić information content (AvgIpc) is 2.96. The van der Waals surface area contributed by atoms with Gasteiger partial charge in [-0.05, 0) is 44.6 Å². The molecule has 104 valence electrons. The molecule has 0 radical (unpaired) electrons. The lowest BCUT2D eigenvalue weighted by molar-refractivity contribution is -0.122. The molecule has 0 aromatic carbocycles. The summed E-state index contributed by atoms with van der Waals surface area (Å²) in [5.41, 5.74) is 5.57. The van der Waals surface area contributed by atoms with Crippen LogP contribution in [0, 0.1) is 5.92 Å². The van der Waals surface area contributed by atoms with Gasteiger partial charge in [0.15, 0.2) is 0 Å². The van der Waals surface area contributed by atoms with E-state index in [1.54, 1.807) is 0 Å². The minimum Gasteiger partial charge on any atom is -0.373 e. The van der Waals surface area contributed by atoms with Gasteiger partial charge in [0.1, 0.15) is 0 Å². The molecule has 0 aromatic rings. The molecule has 18 heavy (non-hydrogen) atoms. The standard InChI is InChI=1S/C14H26N2O2/c1-2-10(7-8-15)3-6-14(17)16-12-9-11-4-5-13(12)18-11/h10-13H,2-9,15H2,1H3,(H,16,17). The first kappa shape index (κ1) is 13.8. The number of nitrogens with two attached hydrogens (primary N) is 1. The Morgan fingerprint density at radius 1 is 1.44 bits per heavy atom. The molecule has 2 saturated heterocycles. The van der Waals surface area contributed by atoms with Crippen LogP contribution in [0.1, 0.15) is 51.9 Å². The van der Waals surface area contributed by atoms with Gasteiger partial charge < -0.3 is 15.8 Å². The molecule has 2 fully saturated rings. The number of ether oxygens (including phenoxy) is 1. The van der Waals surface area contributed by atoms with Crippen molar-refractivity contribution in [3.8, 4) is 0 Å². The zero-order valence-electron chi connectivity index (χ0n) is 11.4. The maximum atomic E-state index is 11.9. The molecule has 0 saturated carbocycles. The van der Waals surface area contributed by atoms with E-state index in [-0.39, 0.29) is 18.1 Å². The fourth-order valence-corrected chi connectivity index (χ4v) is 3.19. The molecule has 1 amide bonds. The molecule has 2 bridgehead atoms. The quantitative estimate of drug-likeness (QED) is 0.725. The predicted molar refractivity (Wildman–Crippen MR) is 71.1 cm³/mol. The first-order valence-electron chi connectivity index (χ1n) is 7.37. The van der Waals surface area contributed by atoms with E-state index in [2.05, 4.69) is 12.2 Å². The minimum absolute atomic E-state index is 0.187. The maximum Gasteiger partial charge on any atom is 0.220 e. The van der Waals surface area contributed by atoms with Crippen LogP contribution in [-0.4, -0.2) is 30.7 Å². The van der Waals surface area contributed by atoms with E-state index in [4.69, 9.17) is 10.5 Å². The highest BCUT2D eigenvalue weighted by Crippen LogP contribution is 2.34. The summed E-state index contributed by atoms with van der Waals surface area (Å²) >= 11 is 0. The largest absolute Gasteiger partial charge is 0.373 e. The number of rotatable bonds is 7. The number of fused-ring (bicyclic) bond motifs is 2. The number of carbonyl (C=O) groups excluding carboxylic acids is 1. The van der Waals surface area contributed by atoms with Crippen molar-refractivity contribution < 1.29 is 9.53 Å².